The van der Waals surface area contributed by atoms with Gasteiger partial charge in [-0.15, -0.1) is 0 Å². The number of hydrogen-bond acceptors (Lipinski definition) is 3. The average Bonchev–Trinajstić information content (AvgIpc) is 3.48. The lowest BCUT2D eigenvalue weighted by Crippen LogP contribution is -2.55. The van der Waals surface area contributed by atoms with Crippen molar-refractivity contribution in [3.05, 3.63) is 11.6 Å². The highest BCUT2D eigenvalue weighted by Gasteiger charge is 2.64. The van der Waals surface area contributed by atoms with E-state index in [0.717, 1.165) is 25.7 Å². The van der Waals surface area contributed by atoms with Crippen molar-refractivity contribution in [2.45, 2.75) is 116 Å². The predicted octanol–water partition coefficient (Wildman–Crippen LogP) is 6.79. The number of hydrogen-bond donors (Lipinski definition) is 0. The fourth-order valence-corrected chi connectivity index (χ4v) is 7.91. The van der Waals surface area contributed by atoms with Crippen molar-refractivity contribution < 1.29 is 26.7 Å². The maximum absolute atomic E-state index is 13.3. The molecule has 0 heterocycles. The van der Waals surface area contributed by atoms with Gasteiger partial charge in [0.25, 0.3) is 0 Å². The van der Waals surface area contributed by atoms with Gasteiger partial charge in [0.15, 0.2) is 5.78 Å². The van der Waals surface area contributed by atoms with Gasteiger partial charge in [0.05, 0.1) is 0 Å². The zero-order valence-electron chi connectivity index (χ0n) is 27.5. The lowest BCUT2D eigenvalue weighted by atomic mass is 9.46. The van der Waals surface area contributed by atoms with Crippen molar-refractivity contribution in [1.29, 1.82) is 0 Å². The molecule has 6 atom stereocenters. The minimum Gasteiger partial charge on any atom is -0.459 e. The molecule has 0 bridgehead atoms. The van der Waals surface area contributed by atoms with Gasteiger partial charge in [-0.3, -0.25) is 9.59 Å². The summed E-state index contributed by atoms with van der Waals surface area (Å²) in [5.74, 6) is -1.68. The molecule has 3 heteroatoms. The van der Waals surface area contributed by atoms with Crippen LogP contribution in [0.25, 0.3) is 0 Å². The van der Waals surface area contributed by atoms with E-state index >= 15 is 0 Å². The van der Waals surface area contributed by atoms with Crippen LogP contribution in [-0.2, 0) is 14.3 Å². The molecule has 0 aliphatic heterocycles. The maximum Gasteiger partial charge on any atom is 0.306 e. The Labute approximate surface area is 201 Å². The molecule has 3 nitrogen and oxygen atoms in total. The van der Waals surface area contributed by atoms with Gasteiger partial charge >= 0.3 is 5.97 Å². The highest BCUT2D eigenvalue weighted by molar-refractivity contribution is 5.91. The Balaban J connectivity index is 1.54. The highest BCUT2D eigenvalue weighted by Crippen LogP contribution is 2.68. The number of esters is 1. The summed E-state index contributed by atoms with van der Waals surface area (Å²) in [6.45, 7) is -7.97. The van der Waals surface area contributed by atoms with Gasteiger partial charge in [0.1, 0.15) is 5.60 Å². The molecule has 0 N–H and O–H groups in total. The summed E-state index contributed by atoms with van der Waals surface area (Å²) in [4.78, 5) is 25.6. The van der Waals surface area contributed by atoms with Crippen LogP contribution in [0.3, 0.4) is 0 Å². The first-order valence-corrected chi connectivity index (χ1v) is 12.5. The predicted molar refractivity (Wildman–Crippen MR) is 122 cm³/mol. The summed E-state index contributed by atoms with van der Waals surface area (Å²) in [5.41, 5.74) is -4.52. The minimum atomic E-state index is -2.86. The molecule has 0 aromatic rings. The van der Waals surface area contributed by atoms with E-state index in [1.807, 2.05) is 0 Å². The number of ether oxygens (including phenoxy) is 1. The molecule has 0 spiro atoms. The number of carbonyl (C=O) groups excluding carboxylic acids is 2. The molecule has 0 unspecified atom stereocenters. The second-order valence-corrected chi connectivity index (χ2v) is 11.1. The van der Waals surface area contributed by atoms with E-state index in [1.165, 1.54) is 6.08 Å². The fraction of sp³-hybridized carbons (Fsp3) is 0.857. The molecule has 4 fully saturated rings. The van der Waals surface area contributed by atoms with Crippen molar-refractivity contribution in [3.63, 3.8) is 0 Å². The molecule has 0 aromatic heterocycles. The lowest BCUT2D eigenvalue weighted by Gasteiger charge is -2.59. The quantitative estimate of drug-likeness (QED) is 0.457. The van der Waals surface area contributed by atoms with Crippen LogP contribution < -0.4 is 0 Å². The van der Waals surface area contributed by atoms with Gasteiger partial charge in [0.2, 0.25) is 0 Å². The fourth-order valence-electron chi connectivity index (χ4n) is 7.91. The maximum atomic E-state index is 13.3. The van der Waals surface area contributed by atoms with E-state index in [2.05, 4.69) is 0 Å². The van der Waals surface area contributed by atoms with Gasteiger partial charge in [-0.2, -0.15) is 0 Å². The van der Waals surface area contributed by atoms with Crippen molar-refractivity contribution in [2.24, 2.45) is 34.5 Å². The first kappa shape index (κ1) is 13.6. The van der Waals surface area contributed by atoms with Crippen molar-refractivity contribution in [2.75, 3.05) is 0 Å². The zero-order chi connectivity index (χ0) is 29.4. The summed E-state index contributed by atoms with van der Waals surface area (Å²) >= 11 is 0. The van der Waals surface area contributed by atoms with Crippen molar-refractivity contribution in [1.82, 2.24) is 0 Å². The SMILES string of the molecule is [2H]C([2H])([2H])[C@]12CC[C@H]3[C@@H](CCC4=CC(=O)CC[C@@]43C([2H])([2H])[2H])[C@@H]1CC[C@@]2(OC(=O)CCC1CCCC1)C([2H])([2H])[2H]. The lowest BCUT2D eigenvalue weighted by molar-refractivity contribution is -0.180. The molecule has 0 saturated heterocycles. The molecule has 0 amide bonds. The van der Waals surface area contributed by atoms with Crippen LogP contribution >= 0.6 is 0 Å². The molecule has 5 rings (SSSR count). The number of rotatable bonds is 4. The Morgan fingerprint density at radius 1 is 1.03 bits per heavy atom. The van der Waals surface area contributed by atoms with Crippen LogP contribution in [0.1, 0.15) is 123 Å². The van der Waals surface area contributed by atoms with Crippen LogP contribution in [0.5, 0.6) is 0 Å². The molecule has 172 valence electrons. The number of fused-ring (bicyclic) bond motifs is 5. The summed E-state index contributed by atoms with van der Waals surface area (Å²) in [6.07, 6.45) is 8.04. The first-order chi connectivity index (χ1) is 18.5. The van der Waals surface area contributed by atoms with E-state index in [1.54, 1.807) is 0 Å². The van der Waals surface area contributed by atoms with Crippen molar-refractivity contribution >= 4 is 11.8 Å². The van der Waals surface area contributed by atoms with E-state index in [0.29, 0.717) is 30.8 Å². The standard InChI is InChI=1S/C28H42O3/c1-26-15-12-21(29)18-20(26)9-10-22-23(26)13-16-27(2)24(22)14-17-28(27,3)31-25(30)11-8-19-6-4-5-7-19/h18-19,22-24H,4-17H2,1-3H3/t22-,23+,24+,26+,27+,28+/m1/s1/i1D3,2D3,3D3. The summed E-state index contributed by atoms with van der Waals surface area (Å²) in [6, 6.07) is 0. The smallest absolute Gasteiger partial charge is 0.306 e. The molecular formula is C28H42O3. The third-order valence-electron chi connectivity index (χ3n) is 9.62. The van der Waals surface area contributed by atoms with E-state index in [9.17, 15) is 9.59 Å². The number of ketones is 1. The third kappa shape index (κ3) is 3.44. The molecule has 4 saturated carbocycles. The van der Waals surface area contributed by atoms with Gasteiger partial charge in [-0.25, -0.2) is 0 Å². The Bertz CT molecular complexity index is 1050. The van der Waals surface area contributed by atoms with Crippen LogP contribution in [0.15, 0.2) is 11.6 Å². The Morgan fingerprint density at radius 2 is 1.87 bits per heavy atom. The summed E-state index contributed by atoms with van der Waals surface area (Å²) < 4.78 is 83.9. The Kier molecular flexibility index (Phi) is 3.38. The van der Waals surface area contributed by atoms with Gasteiger partial charge in [0, 0.05) is 30.6 Å². The second kappa shape index (κ2) is 7.73. The van der Waals surface area contributed by atoms with Crippen molar-refractivity contribution in [3.8, 4) is 0 Å². The Morgan fingerprint density at radius 3 is 2.65 bits per heavy atom. The highest BCUT2D eigenvalue weighted by atomic mass is 16.6. The molecule has 31 heavy (non-hydrogen) atoms. The van der Waals surface area contributed by atoms with Gasteiger partial charge in [-0.1, -0.05) is 45.0 Å². The van der Waals surface area contributed by atoms with Crippen LogP contribution in [0.2, 0.25) is 0 Å². The van der Waals surface area contributed by atoms with Gasteiger partial charge in [-0.05, 0) is 93.4 Å². The molecule has 5 aliphatic rings. The van der Waals surface area contributed by atoms with Crippen LogP contribution in [-0.4, -0.2) is 17.4 Å². The molecular weight excluding hydrogens is 384 g/mol. The molecule has 0 radical (unpaired) electrons. The van der Waals surface area contributed by atoms with E-state index < -0.39 is 48.9 Å². The zero-order valence-corrected chi connectivity index (χ0v) is 18.5. The molecule has 5 aliphatic carbocycles. The topological polar surface area (TPSA) is 43.4 Å². The van der Waals surface area contributed by atoms with Crippen LogP contribution in [0, 0.1) is 34.5 Å². The number of allylic oxidation sites excluding steroid dienone is 1. The minimum absolute atomic E-state index is 0.0529. The monoisotopic (exact) mass is 435 g/mol. The van der Waals surface area contributed by atoms with Gasteiger partial charge < -0.3 is 4.74 Å². The Hall–Kier alpha value is -1.12. The largest absolute Gasteiger partial charge is 0.459 e. The summed E-state index contributed by atoms with van der Waals surface area (Å²) in [7, 11) is 0. The second-order valence-electron chi connectivity index (χ2n) is 11.1. The summed E-state index contributed by atoms with van der Waals surface area (Å²) in [5, 5.41) is 0. The van der Waals surface area contributed by atoms with E-state index in [-0.39, 0.29) is 62.6 Å². The number of carbonyl (C=O) groups is 2. The van der Waals surface area contributed by atoms with E-state index in [4.69, 9.17) is 17.1 Å². The normalized spacial score (nSPS) is 50.5. The average molecular weight is 436 g/mol. The van der Waals surface area contributed by atoms with Crippen LogP contribution in [0.4, 0.5) is 0 Å². The third-order valence-corrected chi connectivity index (χ3v) is 9.62. The molecule has 0 aromatic carbocycles. The first-order valence-electron chi connectivity index (χ1n) is 17.0.